The van der Waals surface area contributed by atoms with E-state index in [1.807, 2.05) is 0 Å². The maximum Gasteiger partial charge on any atom is 0.326 e. The van der Waals surface area contributed by atoms with E-state index >= 15 is 0 Å². The van der Waals surface area contributed by atoms with Crippen molar-refractivity contribution in [3.05, 3.63) is 29.6 Å². The first-order chi connectivity index (χ1) is 6.66. The molecule has 0 bridgehead atoms. The first-order valence-electron chi connectivity index (χ1n) is 4.44. The number of halogens is 1. The zero-order chi connectivity index (χ0) is 10.1. The smallest absolute Gasteiger partial charge is 0.326 e. The molecule has 3 nitrogen and oxygen atoms in total. The standard InChI is InChI=1S/C10H10FNO2/c11-7-2-4-8-6(5-7)1-3-9(12-8)10(13)14/h2,4-5,9,12H,1,3H2,(H,13,14). The second-order valence-electron chi connectivity index (χ2n) is 3.38. The maximum atomic E-state index is 12.8. The van der Waals surface area contributed by atoms with Crippen molar-refractivity contribution in [3.8, 4) is 0 Å². The molecule has 1 heterocycles. The first kappa shape index (κ1) is 8.99. The molecule has 14 heavy (non-hydrogen) atoms. The number of rotatable bonds is 1. The van der Waals surface area contributed by atoms with Gasteiger partial charge in [-0.2, -0.15) is 0 Å². The predicted molar refractivity (Wildman–Crippen MR) is 49.8 cm³/mol. The van der Waals surface area contributed by atoms with Gasteiger partial charge in [0, 0.05) is 5.69 Å². The number of benzene rings is 1. The van der Waals surface area contributed by atoms with Crippen LogP contribution >= 0.6 is 0 Å². The van der Waals surface area contributed by atoms with Crippen molar-refractivity contribution in [2.45, 2.75) is 18.9 Å². The zero-order valence-corrected chi connectivity index (χ0v) is 7.46. The van der Waals surface area contributed by atoms with Gasteiger partial charge in [0.2, 0.25) is 0 Å². The number of carbonyl (C=O) groups is 1. The number of fused-ring (bicyclic) bond motifs is 1. The van der Waals surface area contributed by atoms with E-state index in [2.05, 4.69) is 5.32 Å². The van der Waals surface area contributed by atoms with Crippen molar-refractivity contribution in [3.63, 3.8) is 0 Å². The lowest BCUT2D eigenvalue weighted by molar-refractivity contribution is -0.138. The van der Waals surface area contributed by atoms with Gasteiger partial charge < -0.3 is 10.4 Å². The van der Waals surface area contributed by atoms with Crippen molar-refractivity contribution in [1.82, 2.24) is 0 Å². The number of hydrogen-bond donors (Lipinski definition) is 2. The van der Waals surface area contributed by atoms with Crippen LogP contribution in [-0.4, -0.2) is 17.1 Å². The number of carboxylic acids is 1. The lowest BCUT2D eigenvalue weighted by Gasteiger charge is -2.23. The minimum absolute atomic E-state index is 0.278. The summed E-state index contributed by atoms with van der Waals surface area (Å²) in [5, 5.41) is 11.6. The Morgan fingerprint density at radius 1 is 1.57 bits per heavy atom. The molecular formula is C10H10FNO2. The van der Waals surface area contributed by atoms with Crippen LogP contribution in [0.5, 0.6) is 0 Å². The summed E-state index contributed by atoms with van der Waals surface area (Å²) in [6.45, 7) is 0. The number of hydrogen-bond acceptors (Lipinski definition) is 2. The molecule has 0 aliphatic carbocycles. The van der Waals surface area contributed by atoms with Gasteiger partial charge in [0.15, 0.2) is 0 Å². The monoisotopic (exact) mass is 195 g/mol. The third-order valence-electron chi connectivity index (χ3n) is 2.40. The van der Waals surface area contributed by atoms with E-state index in [9.17, 15) is 9.18 Å². The summed E-state index contributed by atoms with van der Waals surface area (Å²) in [4.78, 5) is 10.7. The highest BCUT2D eigenvalue weighted by Crippen LogP contribution is 2.25. The highest BCUT2D eigenvalue weighted by molar-refractivity contribution is 5.78. The molecule has 4 heteroatoms. The molecule has 0 saturated heterocycles. The summed E-state index contributed by atoms with van der Waals surface area (Å²) in [6.07, 6.45) is 1.11. The fourth-order valence-corrected chi connectivity index (χ4v) is 1.65. The molecule has 0 spiro atoms. The zero-order valence-electron chi connectivity index (χ0n) is 7.46. The summed E-state index contributed by atoms with van der Waals surface area (Å²) in [5.74, 6) is -1.14. The SMILES string of the molecule is O=C(O)C1CCc2cc(F)ccc2N1. The van der Waals surface area contributed by atoms with Crippen LogP contribution in [0.2, 0.25) is 0 Å². The summed E-state index contributed by atoms with van der Waals surface area (Å²) in [5.41, 5.74) is 1.58. The van der Waals surface area contributed by atoms with Crippen LogP contribution in [0.1, 0.15) is 12.0 Å². The summed E-state index contributed by atoms with van der Waals surface area (Å²) >= 11 is 0. The highest BCUT2D eigenvalue weighted by Gasteiger charge is 2.23. The summed E-state index contributed by atoms with van der Waals surface area (Å²) in [6, 6.07) is 3.81. The molecule has 1 atom stereocenters. The van der Waals surface area contributed by atoms with Gasteiger partial charge in [-0.1, -0.05) is 0 Å². The van der Waals surface area contributed by atoms with E-state index in [-0.39, 0.29) is 5.82 Å². The van der Waals surface area contributed by atoms with Gasteiger partial charge in [0.05, 0.1) is 0 Å². The van der Waals surface area contributed by atoms with E-state index in [0.29, 0.717) is 12.8 Å². The van der Waals surface area contributed by atoms with Crippen LogP contribution < -0.4 is 5.32 Å². The number of nitrogens with one attached hydrogen (secondary N) is 1. The predicted octanol–water partition coefficient (Wildman–Crippen LogP) is 1.64. The second-order valence-corrected chi connectivity index (χ2v) is 3.38. The van der Waals surface area contributed by atoms with Crippen molar-refractivity contribution in [2.75, 3.05) is 5.32 Å². The van der Waals surface area contributed by atoms with Gasteiger partial charge in [-0.3, -0.25) is 0 Å². The fraction of sp³-hybridized carbons (Fsp3) is 0.300. The normalized spacial score (nSPS) is 19.6. The van der Waals surface area contributed by atoms with Gasteiger partial charge in [-0.15, -0.1) is 0 Å². The molecule has 0 aromatic heterocycles. The molecule has 0 saturated carbocycles. The number of anilines is 1. The molecule has 1 aliphatic rings. The minimum Gasteiger partial charge on any atom is -0.480 e. The molecule has 1 aliphatic heterocycles. The third-order valence-corrected chi connectivity index (χ3v) is 2.40. The van der Waals surface area contributed by atoms with Crippen LogP contribution in [0.3, 0.4) is 0 Å². The van der Waals surface area contributed by atoms with Crippen LogP contribution in [-0.2, 0) is 11.2 Å². The van der Waals surface area contributed by atoms with Gasteiger partial charge >= 0.3 is 5.97 Å². The Balaban J connectivity index is 2.27. The van der Waals surface area contributed by atoms with E-state index < -0.39 is 12.0 Å². The van der Waals surface area contributed by atoms with E-state index in [4.69, 9.17) is 5.11 Å². The maximum absolute atomic E-state index is 12.8. The van der Waals surface area contributed by atoms with Crippen molar-refractivity contribution < 1.29 is 14.3 Å². The Hall–Kier alpha value is -1.58. The lowest BCUT2D eigenvalue weighted by atomic mass is 9.98. The Morgan fingerprint density at radius 3 is 3.07 bits per heavy atom. The first-order valence-corrected chi connectivity index (χ1v) is 4.44. The minimum atomic E-state index is -0.861. The van der Waals surface area contributed by atoms with Gasteiger partial charge in [-0.25, -0.2) is 9.18 Å². The molecular weight excluding hydrogens is 185 g/mol. The number of carboxylic acid groups (broad SMARTS) is 1. The van der Waals surface area contributed by atoms with Crippen LogP contribution in [0, 0.1) is 5.82 Å². The molecule has 0 fully saturated rings. The van der Waals surface area contributed by atoms with Gasteiger partial charge in [0.25, 0.3) is 0 Å². The Morgan fingerprint density at radius 2 is 2.36 bits per heavy atom. The quantitative estimate of drug-likeness (QED) is 0.716. The van der Waals surface area contributed by atoms with Crippen molar-refractivity contribution in [1.29, 1.82) is 0 Å². The topological polar surface area (TPSA) is 49.3 Å². The lowest BCUT2D eigenvalue weighted by Crippen LogP contribution is -2.33. The molecule has 74 valence electrons. The largest absolute Gasteiger partial charge is 0.480 e. The molecule has 1 aromatic carbocycles. The molecule has 2 N–H and O–H groups in total. The third kappa shape index (κ3) is 1.55. The van der Waals surface area contributed by atoms with Crippen molar-refractivity contribution in [2.24, 2.45) is 0 Å². The average molecular weight is 195 g/mol. The molecule has 1 unspecified atom stereocenters. The highest BCUT2D eigenvalue weighted by atomic mass is 19.1. The fourth-order valence-electron chi connectivity index (χ4n) is 1.65. The average Bonchev–Trinajstić information content (AvgIpc) is 2.16. The second kappa shape index (κ2) is 3.29. The molecule has 0 radical (unpaired) electrons. The number of aryl methyl sites for hydroxylation is 1. The van der Waals surface area contributed by atoms with Gasteiger partial charge in [0.1, 0.15) is 11.9 Å². The van der Waals surface area contributed by atoms with Crippen LogP contribution in [0.4, 0.5) is 10.1 Å². The Bertz CT molecular complexity index is 378. The Kier molecular flexibility index (Phi) is 2.11. The van der Waals surface area contributed by atoms with E-state index in [1.165, 1.54) is 12.1 Å². The molecule has 2 rings (SSSR count). The van der Waals surface area contributed by atoms with Gasteiger partial charge in [-0.05, 0) is 36.6 Å². The van der Waals surface area contributed by atoms with Crippen LogP contribution in [0.15, 0.2) is 18.2 Å². The summed E-state index contributed by atoms with van der Waals surface area (Å²) in [7, 11) is 0. The Labute approximate surface area is 80.6 Å². The summed E-state index contributed by atoms with van der Waals surface area (Å²) < 4.78 is 12.8. The molecule has 1 aromatic rings. The van der Waals surface area contributed by atoms with E-state index in [1.54, 1.807) is 6.07 Å². The number of aliphatic carboxylic acids is 1. The molecule has 0 amide bonds. The van der Waals surface area contributed by atoms with Crippen LogP contribution in [0.25, 0.3) is 0 Å². The van der Waals surface area contributed by atoms with Crippen molar-refractivity contribution >= 4 is 11.7 Å². The van der Waals surface area contributed by atoms with E-state index in [0.717, 1.165) is 11.3 Å².